The standard InChI is InChI=1S/C10H23NO2S/c1-5-9(4)10(11)7-14(12,13)6-8(2)3/h8-10H,5-7,11H2,1-4H3. The van der Waals surface area contributed by atoms with E-state index in [0.717, 1.165) is 6.42 Å². The monoisotopic (exact) mass is 221 g/mol. The highest BCUT2D eigenvalue weighted by atomic mass is 32.2. The fourth-order valence-corrected chi connectivity index (χ4v) is 3.40. The maximum atomic E-state index is 11.6. The van der Waals surface area contributed by atoms with Crippen molar-refractivity contribution in [2.45, 2.75) is 40.2 Å². The van der Waals surface area contributed by atoms with Gasteiger partial charge < -0.3 is 5.73 Å². The predicted molar refractivity (Wildman–Crippen MR) is 60.9 cm³/mol. The molecule has 86 valence electrons. The van der Waals surface area contributed by atoms with E-state index in [4.69, 9.17) is 5.73 Å². The molecule has 0 aromatic heterocycles. The Labute approximate surface area is 88.0 Å². The third kappa shape index (κ3) is 5.60. The third-order valence-corrected chi connectivity index (χ3v) is 4.48. The van der Waals surface area contributed by atoms with Crippen molar-refractivity contribution < 1.29 is 8.42 Å². The first kappa shape index (κ1) is 13.9. The van der Waals surface area contributed by atoms with Crippen molar-refractivity contribution in [1.29, 1.82) is 0 Å². The van der Waals surface area contributed by atoms with Crippen LogP contribution in [0.25, 0.3) is 0 Å². The molecule has 0 amide bonds. The molecule has 14 heavy (non-hydrogen) atoms. The Morgan fingerprint density at radius 1 is 1.14 bits per heavy atom. The molecule has 0 saturated carbocycles. The van der Waals surface area contributed by atoms with E-state index in [9.17, 15) is 8.42 Å². The largest absolute Gasteiger partial charge is 0.327 e. The van der Waals surface area contributed by atoms with Crippen LogP contribution in [0.1, 0.15) is 34.1 Å². The molecule has 0 rings (SSSR count). The molecular weight excluding hydrogens is 198 g/mol. The molecule has 0 aliphatic heterocycles. The van der Waals surface area contributed by atoms with Crippen LogP contribution in [0.2, 0.25) is 0 Å². The first-order valence-electron chi connectivity index (χ1n) is 5.24. The van der Waals surface area contributed by atoms with Gasteiger partial charge in [0, 0.05) is 6.04 Å². The van der Waals surface area contributed by atoms with E-state index < -0.39 is 9.84 Å². The lowest BCUT2D eigenvalue weighted by atomic mass is 10.0. The predicted octanol–water partition coefficient (Wildman–Crippen LogP) is 1.43. The second-order valence-corrected chi connectivity index (χ2v) is 6.67. The van der Waals surface area contributed by atoms with E-state index in [2.05, 4.69) is 0 Å². The highest BCUT2D eigenvalue weighted by molar-refractivity contribution is 7.91. The summed E-state index contributed by atoms with van der Waals surface area (Å²) in [5.74, 6) is 0.832. The SMILES string of the molecule is CCC(C)C(N)CS(=O)(=O)CC(C)C. The highest BCUT2D eigenvalue weighted by Gasteiger charge is 2.20. The van der Waals surface area contributed by atoms with Crippen molar-refractivity contribution in [2.75, 3.05) is 11.5 Å². The maximum absolute atomic E-state index is 11.6. The van der Waals surface area contributed by atoms with Crippen molar-refractivity contribution in [3.05, 3.63) is 0 Å². The quantitative estimate of drug-likeness (QED) is 0.738. The van der Waals surface area contributed by atoms with Gasteiger partial charge in [-0.05, 0) is 11.8 Å². The molecule has 0 bridgehead atoms. The lowest BCUT2D eigenvalue weighted by Gasteiger charge is -2.18. The molecular formula is C10H23NO2S. The minimum absolute atomic E-state index is 0.125. The van der Waals surface area contributed by atoms with Crippen molar-refractivity contribution in [1.82, 2.24) is 0 Å². The molecule has 0 aromatic rings. The molecule has 0 fully saturated rings. The Bertz CT molecular complexity index is 247. The summed E-state index contributed by atoms with van der Waals surface area (Å²) >= 11 is 0. The Morgan fingerprint density at radius 2 is 1.64 bits per heavy atom. The number of rotatable bonds is 6. The van der Waals surface area contributed by atoms with E-state index in [-0.39, 0.29) is 29.4 Å². The van der Waals surface area contributed by atoms with Crippen LogP contribution in [-0.4, -0.2) is 26.0 Å². The van der Waals surface area contributed by atoms with Gasteiger partial charge in [0.05, 0.1) is 11.5 Å². The summed E-state index contributed by atoms with van der Waals surface area (Å²) in [7, 11) is -2.96. The summed E-state index contributed by atoms with van der Waals surface area (Å²) in [6.07, 6.45) is 0.929. The van der Waals surface area contributed by atoms with E-state index >= 15 is 0 Å². The molecule has 0 radical (unpaired) electrons. The highest BCUT2D eigenvalue weighted by Crippen LogP contribution is 2.09. The van der Waals surface area contributed by atoms with Crippen molar-refractivity contribution >= 4 is 9.84 Å². The normalized spacial score (nSPS) is 17.0. The van der Waals surface area contributed by atoms with Crippen LogP contribution >= 0.6 is 0 Å². The smallest absolute Gasteiger partial charge is 0.152 e. The average molecular weight is 221 g/mol. The Hall–Kier alpha value is -0.0900. The van der Waals surface area contributed by atoms with E-state index in [1.54, 1.807) is 0 Å². The van der Waals surface area contributed by atoms with E-state index in [0.29, 0.717) is 0 Å². The van der Waals surface area contributed by atoms with Gasteiger partial charge in [-0.25, -0.2) is 8.42 Å². The molecule has 0 aliphatic carbocycles. The van der Waals surface area contributed by atoms with Crippen LogP contribution < -0.4 is 5.73 Å². The second kappa shape index (κ2) is 5.71. The van der Waals surface area contributed by atoms with Crippen LogP contribution in [0, 0.1) is 11.8 Å². The first-order valence-corrected chi connectivity index (χ1v) is 7.06. The Morgan fingerprint density at radius 3 is 2.00 bits per heavy atom. The zero-order chi connectivity index (χ0) is 11.4. The van der Waals surface area contributed by atoms with Gasteiger partial charge in [0.1, 0.15) is 0 Å². The van der Waals surface area contributed by atoms with Gasteiger partial charge in [0.15, 0.2) is 9.84 Å². The third-order valence-electron chi connectivity index (χ3n) is 2.41. The van der Waals surface area contributed by atoms with Crippen LogP contribution in [0.3, 0.4) is 0 Å². The summed E-state index contributed by atoms with van der Waals surface area (Å²) < 4.78 is 23.2. The number of nitrogens with two attached hydrogens (primary N) is 1. The molecule has 2 unspecified atom stereocenters. The fraction of sp³-hybridized carbons (Fsp3) is 1.00. The molecule has 3 nitrogen and oxygen atoms in total. The minimum Gasteiger partial charge on any atom is -0.327 e. The molecule has 0 saturated heterocycles. The summed E-state index contributed by atoms with van der Waals surface area (Å²) in [6.45, 7) is 7.84. The molecule has 2 N–H and O–H groups in total. The summed E-state index contributed by atoms with van der Waals surface area (Å²) in [5, 5.41) is 0. The first-order chi connectivity index (χ1) is 6.28. The number of sulfone groups is 1. The lowest BCUT2D eigenvalue weighted by molar-refractivity contribution is 0.464. The van der Waals surface area contributed by atoms with E-state index in [1.807, 2.05) is 27.7 Å². The zero-order valence-electron chi connectivity index (χ0n) is 9.66. The van der Waals surface area contributed by atoms with Gasteiger partial charge in [0.25, 0.3) is 0 Å². The second-order valence-electron chi connectivity index (χ2n) is 4.52. The van der Waals surface area contributed by atoms with Gasteiger partial charge in [-0.15, -0.1) is 0 Å². The van der Waals surface area contributed by atoms with Crippen molar-refractivity contribution in [3.8, 4) is 0 Å². The van der Waals surface area contributed by atoms with Crippen molar-refractivity contribution in [3.63, 3.8) is 0 Å². The fourth-order valence-electron chi connectivity index (χ4n) is 1.34. The van der Waals surface area contributed by atoms with Crippen molar-refractivity contribution in [2.24, 2.45) is 17.6 Å². The summed E-state index contributed by atoms with van der Waals surface area (Å²) in [5.41, 5.74) is 5.81. The van der Waals surface area contributed by atoms with Gasteiger partial charge in [-0.2, -0.15) is 0 Å². The lowest BCUT2D eigenvalue weighted by Crippen LogP contribution is -2.36. The molecule has 0 heterocycles. The van der Waals surface area contributed by atoms with Gasteiger partial charge in [0.2, 0.25) is 0 Å². The maximum Gasteiger partial charge on any atom is 0.152 e. The number of hydrogen-bond acceptors (Lipinski definition) is 3. The Kier molecular flexibility index (Phi) is 5.67. The molecule has 0 aliphatic rings. The topological polar surface area (TPSA) is 60.2 Å². The summed E-state index contributed by atoms with van der Waals surface area (Å²) in [4.78, 5) is 0. The molecule has 0 aromatic carbocycles. The van der Waals surface area contributed by atoms with Crippen LogP contribution in [-0.2, 0) is 9.84 Å². The average Bonchev–Trinajstić information content (AvgIpc) is 1.99. The minimum atomic E-state index is -2.96. The van der Waals surface area contributed by atoms with Gasteiger partial charge in [-0.3, -0.25) is 0 Å². The molecule has 2 atom stereocenters. The number of hydrogen-bond donors (Lipinski definition) is 1. The summed E-state index contributed by atoms with van der Waals surface area (Å²) in [6, 6.07) is -0.219. The molecule has 0 spiro atoms. The van der Waals surface area contributed by atoms with Gasteiger partial charge >= 0.3 is 0 Å². The van der Waals surface area contributed by atoms with E-state index in [1.165, 1.54) is 0 Å². The van der Waals surface area contributed by atoms with Crippen LogP contribution in [0.5, 0.6) is 0 Å². The zero-order valence-corrected chi connectivity index (χ0v) is 10.5. The van der Waals surface area contributed by atoms with Crippen LogP contribution in [0.15, 0.2) is 0 Å². The van der Waals surface area contributed by atoms with Gasteiger partial charge in [-0.1, -0.05) is 34.1 Å². The molecule has 4 heteroatoms. The Balaban J connectivity index is 4.22. The van der Waals surface area contributed by atoms with Crippen LogP contribution in [0.4, 0.5) is 0 Å².